The first kappa shape index (κ1) is 22.5. The first-order valence-electron chi connectivity index (χ1n) is 10.5. The van der Waals surface area contributed by atoms with Gasteiger partial charge < -0.3 is 16.2 Å². The van der Waals surface area contributed by atoms with E-state index in [1.807, 2.05) is 13.8 Å². The number of rotatable bonds is 4. The second-order valence-electron chi connectivity index (χ2n) is 9.89. The molecule has 0 aliphatic heterocycles. The van der Waals surface area contributed by atoms with E-state index in [0.717, 1.165) is 40.8 Å². The molecule has 3 atom stereocenters. The van der Waals surface area contributed by atoms with Crippen LogP contribution in [0.1, 0.15) is 74.7 Å². The standard InChI is InChI=1S/C23H32N2O4S/c1-11-8-15(16(22(28)29)9-12(11)2)20(27)25-21-18(19(24)26)14-7-6-13(23(3,4)5)10-17(14)30-21/h13,15-16H,6-10H2,1-5H3,(H2,24,26)(H,25,27)(H,28,29)/t13-,15+,16+/m1/s1. The number of nitrogens with one attached hydrogen (secondary N) is 1. The van der Waals surface area contributed by atoms with Gasteiger partial charge in [-0.15, -0.1) is 11.3 Å². The highest BCUT2D eigenvalue weighted by Gasteiger charge is 2.39. The van der Waals surface area contributed by atoms with Crippen molar-refractivity contribution in [2.75, 3.05) is 5.32 Å². The van der Waals surface area contributed by atoms with E-state index in [0.29, 0.717) is 29.3 Å². The van der Waals surface area contributed by atoms with Gasteiger partial charge in [-0.1, -0.05) is 31.9 Å². The highest BCUT2D eigenvalue weighted by Crippen LogP contribution is 2.44. The highest BCUT2D eigenvalue weighted by molar-refractivity contribution is 7.17. The summed E-state index contributed by atoms with van der Waals surface area (Å²) in [6, 6.07) is 0. The smallest absolute Gasteiger partial charge is 0.307 e. The summed E-state index contributed by atoms with van der Waals surface area (Å²) in [5.41, 5.74) is 9.30. The zero-order valence-electron chi connectivity index (χ0n) is 18.4. The van der Waals surface area contributed by atoms with E-state index in [1.54, 1.807) is 0 Å². The molecule has 30 heavy (non-hydrogen) atoms. The van der Waals surface area contributed by atoms with Crippen molar-refractivity contribution < 1.29 is 19.5 Å². The average molecular weight is 433 g/mol. The number of carbonyl (C=O) groups excluding carboxylic acids is 2. The molecule has 6 nitrogen and oxygen atoms in total. The third-order valence-electron chi connectivity index (χ3n) is 6.89. The summed E-state index contributed by atoms with van der Waals surface area (Å²) in [4.78, 5) is 38.2. The predicted octanol–water partition coefficient (Wildman–Crippen LogP) is 4.38. The van der Waals surface area contributed by atoms with E-state index in [-0.39, 0.29) is 11.3 Å². The number of carboxylic acids is 1. The van der Waals surface area contributed by atoms with E-state index in [9.17, 15) is 19.5 Å². The van der Waals surface area contributed by atoms with Crippen LogP contribution in [0.4, 0.5) is 5.00 Å². The van der Waals surface area contributed by atoms with Crippen LogP contribution in [-0.4, -0.2) is 22.9 Å². The van der Waals surface area contributed by atoms with E-state index < -0.39 is 23.7 Å². The number of carbonyl (C=O) groups is 3. The number of fused-ring (bicyclic) bond motifs is 1. The van der Waals surface area contributed by atoms with Gasteiger partial charge in [-0.3, -0.25) is 14.4 Å². The van der Waals surface area contributed by atoms with Crippen molar-refractivity contribution in [1.29, 1.82) is 0 Å². The Morgan fingerprint density at radius 2 is 1.67 bits per heavy atom. The molecule has 2 amide bonds. The Morgan fingerprint density at radius 3 is 2.20 bits per heavy atom. The lowest BCUT2D eigenvalue weighted by Gasteiger charge is -2.33. The number of aliphatic carboxylic acids is 1. The summed E-state index contributed by atoms with van der Waals surface area (Å²) in [6.45, 7) is 10.5. The molecule has 2 aliphatic rings. The summed E-state index contributed by atoms with van der Waals surface area (Å²) in [6.07, 6.45) is 3.40. The maximum atomic E-state index is 13.1. The Morgan fingerprint density at radius 1 is 1.07 bits per heavy atom. The normalized spacial score (nSPS) is 24.4. The molecule has 0 unspecified atom stereocenters. The van der Waals surface area contributed by atoms with Crippen molar-refractivity contribution in [3.05, 3.63) is 27.2 Å². The molecule has 0 radical (unpaired) electrons. The van der Waals surface area contributed by atoms with Crippen molar-refractivity contribution in [3.8, 4) is 0 Å². The van der Waals surface area contributed by atoms with Gasteiger partial charge in [0, 0.05) is 4.88 Å². The van der Waals surface area contributed by atoms with Crippen molar-refractivity contribution >= 4 is 34.1 Å². The Labute approximate surface area is 181 Å². The summed E-state index contributed by atoms with van der Waals surface area (Å²) in [5, 5.41) is 13.0. The molecule has 1 aromatic heterocycles. The number of carboxylic acid groups (broad SMARTS) is 1. The molecule has 0 spiro atoms. The molecule has 3 rings (SSSR count). The number of hydrogen-bond donors (Lipinski definition) is 3. The number of nitrogens with two attached hydrogens (primary N) is 1. The molecule has 164 valence electrons. The van der Waals surface area contributed by atoms with Crippen molar-refractivity contribution in [3.63, 3.8) is 0 Å². The minimum absolute atomic E-state index is 0.163. The molecule has 0 saturated heterocycles. The second kappa shape index (κ2) is 8.17. The van der Waals surface area contributed by atoms with E-state index in [1.165, 1.54) is 11.3 Å². The number of primary amides is 1. The maximum absolute atomic E-state index is 13.1. The lowest BCUT2D eigenvalue weighted by atomic mass is 9.72. The third-order valence-corrected chi connectivity index (χ3v) is 8.06. The second-order valence-corrected chi connectivity index (χ2v) is 11.0. The number of amides is 2. The number of anilines is 1. The van der Waals surface area contributed by atoms with Crippen LogP contribution in [0.25, 0.3) is 0 Å². The molecule has 7 heteroatoms. The van der Waals surface area contributed by atoms with Crippen LogP contribution in [0.3, 0.4) is 0 Å². The van der Waals surface area contributed by atoms with E-state index >= 15 is 0 Å². The van der Waals surface area contributed by atoms with Crippen LogP contribution in [-0.2, 0) is 22.4 Å². The topological polar surface area (TPSA) is 109 Å². The molecule has 2 aliphatic carbocycles. The van der Waals surface area contributed by atoms with Crippen molar-refractivity contribution in [1.82, 2.24) is 0 Å². The fourth-order valence-corrected chi connectivity index (χ4v) is 6.04. The van der Waals surface area contributed by atoms with Gasteiger partial charge in [-0.05, 0) is 62.8 Å². The Balaban J connectivity index is 1.90. The molecule has 0 saturated carbocycles. The molecule has 0 fully saturated rings. The molecule has 0 bridgehead atoms. The zero-order chi connectivity index (χ0) is 22.4. The van der Waals surface area contributed by atoms with Gasteiger partial charge in [-0.2, -0.15) is 0 Å². The van der Waals surface area contributed by atoms with Gasteiger partial charge >= 0.3 is 5.97 Å². The Bertz CT molecular complexity index is 922. The molecule has 1 heterocycles. The molecular weight excluding hydrogens is 400 g/mol. The maximum Gasteiger partial charge on any atom is 0.307 e. The number of allylic oxidation sites excluding steroid dienone is 2. The summed E-state index contributed by atoms with van der Waals surface area (Å²) < 4.78 is 0. The third kappa shape index (κ3) is 4.31. The van der Waals surface area contributed by atoms with Gasteiger partial charge in [-0.25, -0.2) is 0 Å². The fourth-order valence-electron chi connectivity index (χ4n) is 4.71. The predicted molar refractivity (Wildman–Crippen MR) is 119 cm³/mol. The first-order chi connectivity index (χ1) is 13.9. The van der Waals surface area contributed by atoms with Crippen LogP contribution >= 0.6 is 11.3 Å². The van der Waals surface area contributed by atoms with Crippen LogP contribution in [0.15, 0.2) is 11.1 Å². The van der Waals surface area contributed by atoms with E-state index in [4.69, 9.17) is 5.73 Å². The van der Waals surface area contributed by atoms with Gasteiger partial charge in [0.1, 0.15) is 5.00 Å². The molecule has 1 aromatic rings. The average Bonchev–Trinajstić information content (AvgIpc) is 2.99. The van der Waals surface area contributed by atoms with Gasteiger partial charge in [0.2, 0.25) is 5.91 Å². The minimum atomic E-state index is -0.962. The highest BCUT2D eigenvalue weighted by atomic mass is 32.1. The Kier molecular flexibility index (Phi) is 6.14. The molecular formula is C23H32N2O4S. The number of thiophene rings is 1. The fraction of sp³-hybridized carbons (Fsp3) is 0.609. The van der Waals surface area contributed by atoms with Gasteiger partial charge in [0.15, 0.2) is 0 Å². The van der Waals surface area contributed by atoms with Gasteiger partial charge in [0.25, 0.3) is 5.91 Å². The summed E-state index contributed by atoms with van der Waals surface area (Å²) >= 11 is 1.42. The van der Waals surface area contributed by atoms with Crippen molar-refractivity contribution in [2.24, 2.45) is 28.9 Å². The first-order valence-corrected chi connectivity index (χ1v) is 11.3. The summed E-state index contributed by atoms with van der Waals surface area (Å²) in [5.74, 6) is -2.77. The van der Waals surface area contributed by atoms with Gasteiger partial charge in [0.05, 0.1) is 17.4 Å². The summed E-state index contributed by atoms with van der Waals surface area (Å²) in [7, 11) is 0. The number of hydrogen-bond acceptors (Lipinski definition) is 4. The molecule has 4 N–H and O–H groups in total. The molecule has 0 aromatic carbocycles. The van der Waals surface area contributed by atoms with Crippen LogP contribution in [0.2, 0.25) is 0 Å². The lowest BCUT2D eigenvalue weighted by molar-refractivity contribution is -0.146. The lowest BCUT2D eigenvalue weighted by Crippen LogP contribution is -2.36. The SMILES string of the molecule is CC1=C(C)C[C@H](C(=O)Nc2sc3c(c2C(N)=O)CC[C@@H](C(C)(C)C)C3)[C@@H](C(=O)O)C1. The quantitative estimate of drug-likeness (QED) is 0.613. The van der Waals surface area contributed by atoms with E-state index in [2.05, 4.69) is 26.1 Å². The van der Waals surface area contributed by atoms with Crippen LogP contribution < -0.4 is 11.1 Å². The zero-order valence-corrected chi connectivity index (χ0v) is 19.2. The van der Waals surface area contributed by atoms with Crippen LogP contribution in [0, 0.1) is 23.2 Å². The Hall–Kier alpha value is -2.15. The largest absolute Gasteiger partial charge is 0.481 e. The minimum Gasteiger partial charge on any atom is -0.481 e. The monoisotopic (exact) mass is 432 g/mol. The van der Waals surface area contributed by atoms with Crippen molar-refractivity contribution in [2.45, 2.75) is 66.7 Å². The van der Waals surface area contributed by atoms with Crippen LogP contribution in [0.5, 0.6) is 0 Å².